The molecule has 0 aliphatic carbocycles. The van der Waals surface area contributed by atoms with E-state index in [1.165, 1.54) is 11.1 Å². The molecule has 26 nitrogen and oxygen atoms in total. The number of aliphatic hydroxyl groups is 3. The van der Waals surface area contributed by atoms with Crippen molar-refractivity contribution in [2.75, 3.05) is 70.3 Å². The summed E-state index contributed by atoms with van der Waals surface area (Å²) in [5.74, 6) is 4.19. The summed E-state index contributed by atoms with van der Waals surface area (Å²) in [6.45, 7) is 20.1. The molecular formula is C74H98FN23O3. The molecule has 8 heterocycles. The largest absolute Gasteiger partial charge is 0.394 e. The standard InChI is InChI=1S/2C20H28N6O.C17H20FN5.C17H22N6O/c2*1-5-16(12-27)25(4)20-23-18(21-11-15-9-7-6-8-10-15)17-19(24-20)26(13-22-17)14(2)3;1-2-3-7-10-23-12-20-14-15(21-17(18)22-16(14)23)19-11-13-8-5-4-6-9-13;1-3-13(10-24)20-17-21-15(14-16(22-17)23(2)11-19-14)18-9-12-7-5-4-6-8-12/h2*6-10,13-14,16,27H,5,11-12H2,1-4H3,(H,21,23,24);4-6,8-9,12H,2-3,7,10-11H2,1H3,(H,19,21,22);4-8,11,13,24H,3,9-10H2,1-2H3,(H2,18,20,21,22)/t16-;;;/m1.../s1. The highest BCUT2D eigenvalue weighted by Crippen LogP contribution is 2.29. The summed E-state index contributed by atoms with van der Waals surface area (Å²) >= 11 is 0. The smallest absolute Gasteiger partial charge is 0.312 e. The molecule has 4 aromatic carbocycles. The van der Waals surface area contributed by atoms with Crippen molar-refractivity contribution in [3.8, 4) is 0 Å². The van der Waals surface area contributed by atoms with Crippen molar-refractivity contribution in [2.45, 2.75) is 157 Å². The Labute approximate surface area is 590 Å². The Hall–Kier alpha value is -10.5. The number of nitrogens with zero attached hydrogens (tertiary/aromatic N) is 18. The second kappa shape index (κ2) is 37.1. The number of hydrogen-bond acceptors (Lipinski definition) is 22. The molecule has 12 aromatic rings. The number of rotatable bonds is 30. The van der Waals surface area contributed by atoms with Crippen molar-refractivity contribution in [3.05, 3.63) is 175 Å². The van der Waals surface area contributed by atoms with Gasteiger partial charge in [0.05, 0.1) is 63.3 Å². The molecule has 8 aromatic heterocycles. The van der Waals surface area contributed by atoms with Gasteiger partial charge in [-0.05, 0) is 75.6 Å². The van der Waals surface area contributed by atoms with Crippen LogP contribution in [0, 0.1) is 6.08 Å². The first-order valence-corrected chi connectivity index (χ1v) is 34.8. The summed E-state index contributed by atoms with van der Waals surface area (Å²) in [6.07, 6.45) is 12.0. The average Bonchev–Trinajstić information content (AvgIpc) is 1.70. The van der Waals surface area contributed by atoms with Crippen LogP contribution in [0.4, 0.5) is 45.5 Å². The lowest BCUT2D eigenvalue weighted by Crippen LogP contribution is -2.35. The molecule has 0 saturated heterocycles. The van der Waals surface area contributed by atoms with Gasteiger partial charge < -0.3 is 70.0 Å². The van der Waals surface area contributed by atoms with Crippen molar-refractivity contribution in [1.82, 2.24) is 78.1 Å². The Morgan fingerprint density at radius 1 is 0.436 bits per heavy atom. The van der Waals surface area contributed by atoms with E-state index in [9.17, 15) is 19.7 Å². The van der Waals surface area contributed by atoms with Gasteiger partial charge in [-0.3, -0.25) is 0 Å². The van der Waals surface area contributed by atoms with Crippen molar-refractivity contribution < 1.29 is 19.7 Å². The number of aryl methyl sites for hydroxylation is 2. The van der Waals surface area contributed by atoms with E-state index in [0.29, 0.717) is 78.5 Å². The maximum Gasteiger partial charge on any atom is 0.312 e. The zero-order valence-corrected chi connectivity index (χ0v) is 59.9. The van der Waals surface area contributed by atoms with Gasteiger partial charge in [0, 0.05) is 66.0 Å². The van der Waals surface area contributed by atoms with Crippen LogP contribution in [0.25, 0.3) is 44.7 Å². The van der Waals surface area contributed by atoms with Crippen molar-refractivity contribution in [2.24, 2.45) is 7.05 Å². The quantitative estimate of drug-likeness (QED) is 0.0153. The summed E-state index contributed by atoms with van der Waals surface area (Å²) in [5, 5.41) is 45.2. The van der Waals surface area contributed by atoms with Crippen molar-refractivity contribution >= 4 is 85.8 Å². The SMILES string of the molecule is CCC(CO)N(C)c1nc(NCc2ccccc2)c2ncn(C(C)C)c2n1.CCC(CO)Nc1nc(NCc2ccccc2)c2ncn(C)c2n1.CCCCCn1cnc2c(NCc3ccccc3)nc(F)nc21.CC[C@H](CO)N(C)c1nc(NCc2ccccc2)c2ncn(C(C)C)c2n1. The predicted molar refractivity (Wildman–Crippen MR) is 402 cm³/mol. The number of unbranched alkanes of at least 4 members (excludes halogenated alkanes) is 2. The number of halogens is 1. The predicted octanol–water partition coefficient (Wildman–Crippen LogP) is 12.4. The van der Waals surface area contributed by atoms with Crippen molar-refractivity contribution in [3.63, 3.8) is 0 Å². The normalized spacial score (nSPS) is 12.1. The van der Waals surface area contributed by atoms with Crippen LogP contribution in [-0.4, -0.2) is 145 Å². The molecule has 0 amide bonds. The molecule has 0 aliphatic heterocycles. The third kappa shape index (κ3) is 19.7. The molecule has 0 fully saturated rings. The highest BCUT2D eigenvalue weighted by atomic mass is 19.1. The summed E-state index contributed by atoms with van der Waals surface area (Å²) in [6, 6.07) is 40.8. The summed E-state index contributed by atoms with van der Waals surface area (Å²) in [7, 11) is 5.74. The van der Waals surface area contributed by atoms with E-state index in [0.717, 1.165) is 89.7 Å². The van der Waals surface area contributed by atoms with E-state index in [2.05, 4.69) is 137 Å². The second-order valence-electron chi connectivity index (χ2n) is 25.2. The number of aromatic nitrogens is 16. The Kier molecular flexibility index (Phi) is 27.4. The lowest BCUT2D eigenvalue weighted by atomic mass is 10.2. The van der Waals surface area contributed by atoms with Gasteiger partial charge >= 0.3 is 6.08 Å². The van der Waals surface area contributed by atoms with Crippen LogP contribution in [0.15, 0.2) is 147 Å². The number of fused-ring (bicyclic) bond motifs is 4. The number of nitrogens with one attached hydrogen (secondary N) is 5. The molecule has 12 rings (SSSR count). The Morgan fingerprint density at radius 3 is 1.23 bits per heavy atom. The fourth-order valence-corrected chi connectivity index (χ4v) is 11.0. The zero-order valence-electron chi connectivity index (χ0n) is 59.9. The van der Waals surface area contributed by atoms with Gasteiger partial charge in [-0.25, -0.2) is 19.9 Å². The fourth-order valence-electron chi connectivity index (χ4n) is 11.0. The number of imidazole rings is 4. The number of likely N-dealkylation sites (N-methyl/N-ethyl adjacent to an activating group) is 2. The Bertz CT molecular complexity index is 4300. The summed E-state index contributed by atoms with van der Waals surface area (Å²) in [4.78, 5) is 57.5. The minimum Gasteiger partial charge on any atom is -0.394 e. The number of aliphatic hydroxyl groups excluding tert-OH is 3. The molecule has 2 unspecified atom stereocenters. The van der Waals surface area contributed by atoms with Crippen LogP contribution >= 0.6 is 0 Å². The van der Waals surface area contributed by atoms with Crippen LogP contribution in [0.3, 0.4) is 0 Å². The van der Waals surface area contributed by atoms with E-state index in [1.54, 1.807) is 12.7 Å². The highest BCUT2D eigenvalue weighted by Gasteiger charge is 2.23. The molecule has 0 saturated carbocycles. The summed E-state index contributed by atoms with van der Waals surface area (Å²) < 4.78 is 21.6. The zero-order chi connectivity index (χ0) is 71.8. The monoisotopic (exact) mass is 1380 g/mol. The van der Waals surface area contributed by atoms with Crippen LogP contribution in [-0.2, 0) is 39.8 Å². The Balaban J connectivity index is 0.000000157. The first kappa shape index (κ1) is 74.7. The van der Waals surface area contributed by atoms with E-state index in [1.807, 2.05) is 168 Å². The van der Waals surface area contributed by atoms with E-state index >= 15 is 0 Å². The summed E-state index contributed by atoms with van der Waals surface area (Å²) in [5.41, 5.74) is 10.3. The van der Waals surface area contributed by atoms with E-state index in [-0.39, 0.29) is 50.0 Å². The first-order chi connectivity index (χ1) is 49.1. The third-order valence-electron chi connectivity index (χ3n) is 17.3. The number of benzene rings is 4. The van der Waals surface area contributed by atoms with E-state index in [4.69, 9.17) is 19.9 Å². The molecule has 0 radical (unpaired) electrons. The minimum atomic E-state index is -0.731. The lowest BCUT2D eigenvalue weighted by Gasteiger charge is -2.26. The average molecular weight is 1380 g/mol. The van der Waals surface area contributed by atoms with Crippen LogP contribution in [0.5, 0.6) is 0 Å². The fraction of sp³-hybridized carbons (Fsp3) is 0.405. The Morgan fingerprint density at radius 2 is 0.832 bits per heavy atom. The highest BCUT2D eigenvalue weighted by molar-refractivity contribution is 5.87. The van der Waals surface area contributed by atoms with Crippen LogP contribution < -0.4 is 36.4 Å². The van der Waals surface area contributed by atoms with E-state index < -0.39 is 6.08 Å². The molecule has 534 valence electrons. The van der Waals surface area contributed by atoms with Crippen LogP contribution in [0.2, 0.25) is 0 Å². The van der Waals surface area contributed by atoms with Crippen molar-refractivity contribution in [1.29, 1.82) is 0 Å². The van der Waals surface area contributed by atoms with Gasteiger partial charge in [0.2, 0.25) is 17.8 Å². The molecule has 3 atom stereocenters. The minimum absolute atomic E-state index is 0.0279. The van der Waals surface area contributed by atoms with Gasteiger partial charge in [-0.1, -0.05) is 162 Å². The lowest BCUT2D eigenvalue weighted by molar-refractivity contribution is 0.258. The molecule has 101 heavy (non-hydrogen) atoms. The number of hydrogen-bond donors (Lipinski definition) is 8. The third-order valence-corrected chi connectivity index (χ3v) is 17.3. The second-order valence-corrected chi connectivity index (χ2v) is 25.2. The molecular weight excluding hydrogens is 1280 g/mol. The molecule has 0 spiro atoms. The van der Waals surface area contributed by atoms with Gasteiger partial charge in [-0.15, -0.1) is 0 Å². The maximum atomic E-state index is 13.8. The molecule has 27 heteroatoms. The number of anilines is 7. The molecule has 0 aliphatic rings. The molecule has 0 bridgehead atoms. The van der Waals surface area contributed by atoms with Gasteiger partial charge in [-0.2, -0.15) is 44.3 Å². The van der Waals surface area contributed by atoms with Gasteiger partial charge in [0.15, 0.2) is 67.9 Å². The topological polar surface area (TPSA) is 302 Å². The van der Waals surface area contributed by atoms with Gasteiger partial charge in [0.25, 0.3) is 0 Å². The molecule has 8 N–H and O–H groups in total. The van der Waals surface area contributed by atoms with Crippen LogP contribution in [0.1, 0.15) is 128 Å². The maximum absolute atomic E-state index is 13.8. The van der Waals surface area contributed by atoms with Gasteiger partial charge in [0.1, 0.15) is 0 Å². The first-order valence-electron chi connectivity index (χ1n) is 34.8.